The van der Waals surface area contributed by atoms with Crippen molar-refractivity contribution < 1.29 is 9.32 Å². The predicted octanol–water partition coefficient (Wildman–Crippen LogP) is 5.18. The molecule has 0 radical (unpaired) electrons. The molecule has 2 aliphatic rings. The molecule has 176 valence electrons. The number of piperazine rings is 1. The molecule has 6 rings (SSSR count). The fourth-order valence-corrected chi connectivity index (χ4v) is 5.38. The topological polar surface area (TPSA) is 74.5 Å². The van der Waals surface area contributed by atoms with E-state index < -0.39 is 0 Å². The lowest BCUT2D eigenvalue weighted by Gasteiger charge is -2.41. The van der Waals surface area contributed by atoms with Crippen LogP contribution in [0.15, 0.2) is 71.3 Å². The minimum Gasteiger partial charge on any atom is -0.368 e. The maximum absolute atomic E-state index is 12.9. The van der Waals surface area contributed by atoms with Crippen LogP contribution < -0.4 is 10.2 Å². The fourth-order valence-electron chi connectivity index (χ4n) is 5.08. The highest BCUT2D eigenvalue weighted by atomic mass is 35.5. The largest absolute Gasteiger partial charge is 0.368 e. The van der Waals surface area contributed by atoms with E-state index in [0.29, 0.717) is 16.7 Å². The summed E-state index contributed by atoms with van der Waals surface area (Å²) in [5.41, 5.74) is 5.59. The average molecular weight is 486 g/mol. The molecule has 4 aromatic rings. The summed E-state index contributed by atoms with van der Waals surface area (Å²) in [6, 6.07) is 21.9. The van der Waals surface area contributed by atoms with Gasteiger partial charge in [0.25, 0.3) is 5.91 Å². The van der Waals surface area contributed by atoms with E-state index in [1.54, 1.807) is 6.92 Å². The van der Waals surface area contributed by atoms with Crippen molar-refractivity contribution in [3.05, 3.63) is 94.3 Å². The third kappa shape index (κ3) is 3.96. The first kappa shape index (κ1) is 21.8. The number of carbonyl (C=O) groups excluding carboxylic acids is 1. The summed E-state index contributed by atoms with van der Waals surface area (Å²) in [5, 5.41) is 7.75. The molecule has 0 aliphatic carbocycles. The Morgan fingerprint density at radius 1 is 0.971 bits per heavy atom. The number of benzene rings is 3. The van der Waals surface area contributed by atoms with Crippen molar-refractivity contribution >= 4 is 28.9 Å². The highest BCUT2D eigenvalue weighted by Crippen LogP contribution is 2.39. The van der Waals surface area contributed by atoms with Crippen LogP contribution in [0.4, 0.5) is 11.4 Å². The molecular formula is C27H24ClN5O2. The molecule has 0 spiro atoms. The lowest BCUT2D eigenvalue weighted by Crippen LogP contribution is -2.48. The minimum atomic E-state index is -0.0575. The normalized spacial score (nSPS) is 17.9. The molecule has 8 heteroatoms. The zero-order valence-electron chi connectivity index (χ0n) is 19.2. The summed E-state index contributed by atoms with van der Waals surface area (Å²) in [4.78, 5) is 22.0. The summed E-state index contributed by atoms with van der Waals surface area (Å²) < 4.78 is 5.09. The molecule has 1 atom stereocenters. The van der Waals surface area contributed by atoms with Crippen molar-refractivity contribution in [3.8, 4) is 11.4 Å². The first-order valence-electron chi connectivity index (χ1n) is 11.7. The number of amides is 1. The molecule has 1 amide bonds. The highest BCUT2D eigenvalue weighted by Gasteiger charge is 2.33. The van der Waals surface area contributed by atoms with Gasteiger partial charge in [-0.05, 0) is 41.5 Å². The lowest BCUT2D eigenvalue weighted by molar-refractivity contribution is 0.102. The quantitative estimate of drug-likeness (QED) is 0.431. The molecule has 7 nitrogen and oxygen atoms in total. The van der Waals surface area contributed by atoms with Crippen LogP contribution in [0.1, 0.15) is 33.4 Å². The van der Waals surface area contributed by atoms with Gasteiger partial charge in [0.1, 0.15) is 0 Å². The Balaban J connectivity index is 1.26. The van der Waals surface area contributed by atoms with Gasteiger partial charge in [-0.2, -0.15) is 4.98 Å². The molecule has 35 heavy (non-hydrogen) atoms. The first-order chi connectivity index (χ1) is 17.1. The van der Waals surface area contributed by atoms with Gasteiger partial charge >= 0.3 is 0 Å². The third-order valence-corrected chi connectivity index (χ3v) is 7.06. The van der Waals surface area contributed by atoms with E-state index in [0.717, 1.165) is 59.8 Å². The number of aryl methyl sites for hydroxylation is 1. The van der Waals surface area contributed by atoms with E-state index >= 15 is 0 Å². The molecular weight excluding hydrogens is 462 g/mol. The Labute approximate surface area is 208 Å². The van der Waals surface area contributed by atoms with Crippen LogP contribution in [-0.4, -0.2) is 47.1 Å². The summed E-state index contributed by atoms with van der Waals surface area (Å²) in [5.74, 6) is 1.00. The molecule has 1 saturated heterocycles. The average Bonchev–Trinajstić information content (AvgIpc) is 3.27. The van der Waals surface area contributed by atoms with Crippen molar-refractivity contribution in [2.75, 3.05) is 36.4 Å². The SMILES string of the molecule is Cc1nc(-c2ccc(N3CCN(C4c5ccccc5NC(=O)c5ccccc54)CC3)c(Cl)c2)no1. The van der Waals surface area contributed by atoms with Crippen LogP contribution in [0, 0.1) is 6.92 Å². The zero-order chi connectivity index (χ0) is 23.9. The number of nitrogens with zero attached hydrogens (tertiary/aromatic N) is 4. The second kappa shape index (κ2) is 8.83. The predicted molar refractivity (Wildman–Crippen MR) is 136 cm³/mol. The zero-order valence-corrected chi connectivity index (χ0v) is 20.0. The van der Waals surface area contributed by atoms with Crippen LogP contribution in [-0.2, 0) is 0 Å². The summed E-state index contributed by atoms with van der Waals surface area (Å²) in [6.45, 7) is 5.08. The van der Waals surface area contributed by atoms with Crippen molar-refractivity contribution in [1.82, 2.24) is 15.0 Å². The van der Waals surface area contributed by atoms with E-state index in [1.165, 1.54) is 0 Å². The Bertz CT molecular complexity index is 1410. The van der Waals surface area contributed by atoms with E-state index in [1.807, 2.05) is 54.6 Å². The van der Waals surface area contributed by atoms with Gasteiger partial charge in [0, 0.05) is 49.9 Å². The van der Waals surface area contributed by atoms with Crippen LogP contribution in [0.3, 0.4) is 0 Å². The van der Waals surface area contributed by atoms with Gasteiger partial charge in [-0.3, -0.25) is 9.69 Å². The Morgan fingerprint density at radius 2 is 1.71 bits per heavy atom. The summed E-state index contributed by atoms with van der Waals surface area (Å²) in [6.07, 6.45) is 0. The number of carbonyl (C=O) groups is 1. The number of aromatic nitrogens is 2. The molecule has 1 N–H and O–H groups in total. The number of halogens is 1. The minimum absolute atomic E-state index is 0.00262. The van der Waals surface area contributed by atoms with Crippen molar-refractivity contribution in [1.29, 1.82) is 0 Å². The number of hydrogen-bond acceptors (Lipinski definition) is 6. The summed E-state index contributed by atoms with van der Waals surface area (Å²) >= 11 is 6.69. The first-order valence-corrected chi connectivity index (χ1v) is 12.0. The monoisotopic (exact) mass is 485 g/mol. The van der Waals surface area contributed by atoms with Gasteiger partial charge in [0.05, 0.1) is 16.8 Å². The molecule has 3 heterocycles. The Kier molecular flexibility index (Phi) is 5.51. The van der Waals surface area contributed by atoms with Crippen LogP contribution in [0.5, 0.6) is 0 Å². The number of para-hydroxylation sites is 1. The van der Waals surface area contributed by atoms with E-state index in [-0.39, 0.29) is 11.9 Å². The molecule has 1 unspecified atom stereocenters. The molecule has 2 aliphatic heterocycles. The van der Waals surface area contributed by atoms with Crippen molar-refractivity contribution in [2.24, 2.45) is 0 Å². The van der Waals surface area contributed by atoms with E-state index in [4.69, 9.17) is 16.1 Å². The number of anilines is 2. The van der Waals surface area contributed by atoms with Gasteiger partial charge in [-0.25, -0.2) is 0 Å². The van der Waals surface area contributed by atoms with Gasteiger partial charge in [0.2, 0.25) is 11.7 Å². The Morgan fingerprint density at radius 3 is 2.46 bits per heavy atom. The number of fused-ring (bicyclic) bond motifs is 2. The van der Waals surface area contributed by atoms with Crippen molar-refractivity contribution in [3.63, 3.8) is 0 Å². The molecule has 1 aromatic heterocycles. The smallest absolute Gasteiger partial charge is 0.256 e. The second-order valence-electron chi connectivity index (χ2n) is 8.86. The molecule has 0 bridgehead atoms. The van der Waals surface area contributed by atoms with E-state index in [9.17, 15) is 4.79 Å². The summed E-state index contributed by atoms with van der Waals surface area (Å²) in [7, 11) is 0. The van der Waals surface area contributed by atoms with Crippen LogP contribution >= 0.6 is 11.6 Å². The number of hydrogen-bond donors (Lipinski definition) is 1. The maximum Gasteiger partial charge on any atom is 0.256 e. The van der Waals surface area contributed by atoms with Gasteiger partial charge in [-0.15, -0.1) is 0 Å². The lowest BCUT2D eigenvalue weighted by atomic mass is 9.93. The molecule has 3 aromatic carbocycles. The Hall–Kier alpha value is -3.68. The third-order valence-electron chi connectivity index (χ3n) is 6.76. The van der Waals surface area contributed by atoms with E-state index in [2.05, 4.69) is 37.4 Å². The maximum atomic E-state index is 12.9. The van der Waals surface area contributed by atoms with Gasteiger partial charge in [0.15, 0.2) is 0 Å². The molecule has 1 fully saturated rings. The van der Waals surface area contributed by atoms with Crippen molar-refractivity contribution in [2.45, 2.75) is 13.0 Å². The molecule has 0 saturated carbocycles. The van der Waals surface area contributed by atoms with Gasteiger partial charge in [-0.1, -0.05) is 53.2 Å². The van der Waals surface area contributed by atoms with Crippen LogP contribution in [0.2, 0.25) is 5.02 Å². The van der Waals surface area contributed by atoms with Crippen LogP contribution in [0.25, 0.3) is 11.4 Å². The number of nitrogens with one attached hydrogen (secondary N) is 1. The van der Waals surface area contributed by atoms with Gasteiger partial charge < -0.3 is 14.7 Å². The highest BCUT2D eigenvalue weighted by molar-refractivity contribution is 6.33. The number of rotatable bonds is 3. The standard InChI is InChI=1S/C27H24ClN5O2/c1-17-29-26(31-35-17)18-10-11-24(22(28)16-18)32-12-14-33(15-13-32)25-19-6-2-3-7-20(19)27(34)30-23-9-5-4-8-21(23)25/h2-11,16,25H,12-15H2,1H3,(H,30,34). The fraction of sp³-hybridized carbons (Fsp3) is 0.222. The second-order valence-corrected chi connectivity index (χ2v) is 9.26.